The van der Waals surface area contributed by atoms with Gasteiger partial charge in [-0.05, 0) is 42.7 Å². The van der Waals surface area contributed by atoms with Crippen LogP contribution in [0.4, 0.5) is 17.5 Å². The van der Waals surface area contributed by atoms with Crippen molar-refractivity contribution >= 4 is 35.2 Å². The van der Waals surface area contributed by atoms with Gasteiger partial charge >= 0.3 is 0 Å². The molecule has 1 aliphatic heterocycles. The van der Waals surface area contributed by atoms with Gasteiger partial charge in [-0.1, -0.05) is 25.3 Å². The molecule has 184 valence electrons. The summed E-state index contributed by atoms with van der Waals surface area (Å²) in [7, 11) is 0. The molecule has 1 aliphatic rings. The number of piperidine rings is 1. The van der Waals surface area contributed by atoms with E-state index < -0.39 is 5.91 Å². The summed E-state index contributed by atoms with van der Waals surface area (Å²) in [5, 5.41) is 18.2. The molecule has 1 unspecified atom stereocenters. The number of primary amides is 1. The van der Waals surface area contributed by atoms with Crippen LogP contribution in [0.5, 0.6) is 0 Å². The molecular formula is C24H25N9O3. The van der Waals surface area contributed by atoms with E-state index in [-0.39, 0.29) is 35.3 Å². The first-order chi connectivity index (χ1) is 17.4. The third-order valence-electron chi connectivity index (χ3n) is 5.63. The van der Waals surface area contributed by atoms with E-state index in [0.717, 1.165) is 24.0 Å². The second-order valence-corrected chi connectivity index (χ2v) is 8.09. The molecule has 3 aromatic rings. The van der Waals surface area contributed by atoms with E-state index in [1.54, 1.807) is 29.4 Å². The molecule has 1 fully saturated rings. The number of hydrogen-bond acceptors (Lipinski definition) is 9. The molecule has 2 amide bonds. The predicted octanol–water partition coefficient (Wildman–Crippen LogP) is 1.99. The molecule has 0 aliphatic carbocycles. The number of nitrogens with one attached hydrogen (secondary N) is 2. The molecule has 1 atom stereocenters. The van der Waals surface area contributed by atoms with Crippen LogP contribution in [0.15, 0.2) is 62.0 Å². The minimum absolute atomic E-state index is 0.0788. The minimum atomic E-state index is -0.777. The Hall–Kier alpha value is -4.87. The van der Waals surface area contributed by atoms with Crippen molar-refractivity contribution in [1.29, 1.82) is 0 Å². The molecule has 12 heteroatoms. The highest BCUT2D eigenvalue weighted by Gasteiger charge is 2.24. The fourth-order valence-electron chi connectivity index (χ4n) is 3.82. The summed E-state index contributed by atoms with van der Waals surface area (Å²) in [6.45, 7) is 8.13. The third kappa shape index (κ3) is 5.43. The number of carbonyl (C=O) groups is 3. The molecule has 0 bridgehead atoms. The second kappa shape index (κ2) is 10.6. The van der Waals surface area contributed by atoms with E-state index >= 15 is 0 Å². The van der Waals surface area contributed by atoms with Gasteiger partial charge in [-0.3, -0.25) is 14.4 Å². The van der Waals surface area contributed by atoms with Crippen molar-refractivity contribution in [3.8, 4) is 11.1 Å². The minimum Gasteiger partial charge on any atom is -0.364 e. The molecule has 36 heavy (non-hydrogen) atoms. The number of rotatable bonds is 8. The zero-order valence-corrected chi connectivity index (χ0v) is 19.4. The molecule has 12 nitrogen and oxygen atoms in total. The van der Waals surface area contributed by atoms with E-state index in [1.165, 1.54) is 16.8 Å². The van der Waals surface area contributed by atoms with Gasteiger partial charge in [0.15, 0.2) is 11.5 Å². The Bertz CT molecular complexity index is 1320. The summed E-state index contributed by atoms with van der Waals surface area (Å²) in [5.74, 6) is -0.883. The molecule has 3 heterocycles. The van der Waals surface area contributed by atoms with Gasteiger partial charge in [0.2, 0.25) is 11.9 Å². The Balaban J connectivity index is 1.50. The average Bonchev–Trinajstić information content (AvgIpc) is 3.39. The SMILES string of the molecule is C=CC(=O)N1CCCC(Nc2nnc(C(N)=O)c(Nc3ccc(-c4cnn(C(=O)C=C)c4)cc3)n2)C1. The lowest BCUT2D eigenvalue weighted by atomic mass is 10.1. The van der Waals surface area contributed by atoms with Crippen LogP contribution in [-0.2, 0) is 4.79 Å². The van der Waals surface area contributed by atoms with Crippen molar-refractivity contribution in [2.45, 2.75) is 18.9 Å². The number of likely N-dealkylation sites (tertiary alicyclic amines) is 1. The van der Waals surface area contributed by atoms with E-state index in [0.29, 0.717) is 18.8 Å². The molecule has 0 radical (unpaired) electrons. The van der Waals surface area contributed by atoms with Gasteiger partial charge < -0.3 is 21.3 Å². The summed E-state index contributed by atoms with van der Waals surface area (Å²) in [6.07, 6.45) is 7.31. The van der Waals surface area contributed by atoms with Gasteiger partial charge in [0.1, 0.15) is 0 Å². The number of nitrogens with zero attached hydrogens (tertiary/aromatic N) is 6. The lowest BCUT2D eigenvalue weighted by Crippen LogP contribution is -2.44. The second-order valence-electron chi connectivity index (χ2n) is 8.09. The largest absolute Gasteiger partial charge is 0.364 e. The molecular weight excluding hydrogens is 462 g/mol. The quantitative estimate of drug-likeness (QED) is 0.404. The average molecular weight is 488 g/mol. The Labute approximate surface area is 206 Å². The van der Waals surface area contributed by atoms with Crippen LogP contribution in [0.2, 0.25) is 0 Å². The van der Waals surface area contributed by atoms with Crippen LogP contribution in [-0.4, -0.2) is 66.7 Å². The van der Waals surface area contributed by atoms with Crippen LogP contribution in [0, 0.1) is 0 Å². The number of benzene rings is 1. The van der Waals surface area contributed by atoms with Crippen molar-refractivity contribution in [2.24, 2.45) is 5.73 Å². The zero-order valence-electron chi connectivity index (χ0n) is 19.4. The maximum absolute atomic E-state index is 12.0. The Kier molecular flexibility index (Phi) is 7.14. The fraction of sp³-hybridized carbons (Fsp3) is 0.208. The number of hydrogen-bond donors (Lipinski definition) is 3. The summed E-state index contributed by atoms with van der Waals surface area (Å²) in [4.78, 5) is 41.7. The highest BCUT2D eigenvalue weighted by atomic mass is 16.2. The van der Waals surface area contributed by atoms with Crippen molar-refractivity contribution in [1.82, 2.24) is 29.9 Å². The number of aromatic nitrogens is 5. The molecule has 1 saturated heterocycles. The molecule has 4 rings (SSSR count). The highest BCUT2D eigenvalue weighted by molar-refractivity contribution is 5.96. The lowest BCUT2D eigenvalue weighted by Gasteiger charge is -2.32. The van der Waals surface area contributed by atoms with Gasteiger partial charge in [0, 0.05) is 36.6 Å². The van der Waals surface area contributed by atoms with Crippen LogP contribution in [0.25, 0.3) is 11.1 Å². The number of anilines is 3. The van der Waals surface area contributed by atoms with E-state index in [4.69, 9.17) is 5.73 Å². The Morgan fingerprint density at radius 2 is 1.81 bits per heavy atom. The maximum atomic E-state index is 12.0. The summed E-state index contributed by atoms with van der Waals surface area (Å²) >= 11 is 0. The normalized spacial score (nSPS) is 15.1. The maximum Gasteiger partial charge on any atom is 0.273 e. The lowest BCUT2D eigenvalue weighted by molar-refractivity contribution is -0.127. The first-order valence-electron chi connectivity index (χ1n) is 11.2. The predicted molar refractivity (Wildman–Crippen MR) is 134 cm³/mol. The van der Waals surface area contributed by atoms with Crippen molar-refractivity contribution < 1.29 is 14.4 Å². The van der Waals surface area contributed by atoms with E-state index in [9.17, 15) is 14.4 Å². The molecule has 0 saturated carbocycles. The highest BCUT2D eigenvalue weighted by Crippen LogP contribution is 2.24. The monoisotopic (exact) mass is 487 g/mol. The number of allylic oxidation sites excluding steroid dienone is 1. The van der Waals surface area contributed by atoms with Gasteiger partial charge in [-0.2, -0.15) is 10.1 Å². The van der Waals surface area contributed by atoms with Crippen LogP contribution < -0.4 is 16.4 Å². The van der Waals surface area contributed by atoms with Crippen LogP contribution in [0.1, 0.15) is 28.1 Å². The Morgan fingerprint density at radius 1 is 1.06 bits per heavy atom. The van der Waals surface area contributed by atoms with Crippen LogP contribution >= 0.6 is 0 Å². The summed E-state index contributed by atoms with van der Waals surface area (Å²) < 4.78 is 1.20. The zero-order chi connectivity index (χ0) is 25.7. The van der Waals surface area contributed by atoms with Crippen molar-refractivity contribution in [3.63, 3.8) is 0 Å². The smallest absolute Gasteiger partial charge is 0.273 e. The topological polar surface area (TPSA) is 161 Å². The third-order valence-corrected chi connectivity index (χ3v) is 5.63. The number of carbonyl (C=O) groups excluding carboxylic acids is 3. The standard InChI is InChI=1S/C24H25N9O3/c1-3-19(34)32-11-5-6-18(14-32)28-24-29-23(21(22(25)36)30-31-24)27-17-9-7-15(8-10-17)16-12-26-33(13-16)20(35)4-2/h3-4,7-10,12-13,18H,1-2,5-6,11,14H2,(H2,25,36)(H2,27,28,29,31). The number of nitrogens with two attached hydrogens (primary N) is 1. The van der Waals surface area contributed by atoms with Gasteiger partial charge in [0.05, 0.1) is 6.20 Å². The summed E-state index contributed by atoms with van der Waals surface area (Å²) in [6, 6.07) is 7.13. The van der Waals surface area contributed by atoms with Gasteiger partial charge in [-0.25, -0.2) is 4.68 Å². The van der Waals surface area contributed by atoms with Crippen LogP contribution in [0.3, 0.4) is 0 Å². The van der Waals surface area contributed by atoms with Crippen molar-refractivity contribution in [2.75, 3.05) is 23.7 Å². The van der Waals surface area contributed by atoms with Gasteiger partial charge in [0.25, 0.3) is 11.8 Å². The summed E-state index contributed by atoms with van der Waals surface area (Å²) in [5.41, 5.74) is 7.57. The number of amides is 2. The molecule has 2 aromatic heterocycles. The van der Waals surface area contributed by atoms with E-state index in [2.05, 4.69) is 44.1 Å². The molecule has 1 aromatic carbocycles. The first-order valence-corrected chi connectivity index (χ1v) is 11.2. The van der Waals surface area contributed by atoms with Gasteiger partial charge in [-0.15, -0.1) is 10.2 Å². The Morgan fingerprint density at radius 3 is 2.50 bits per heavy atom. The fourth-order valence-corrected chi connectivity index (χ4v) is 3.82. The van der Waals surface area contributed by atoms with Crippen molar-refractivity contribution in [3.05, 3.63) is 67.7 Å². The molecule has 0 spiro atoms. The first kappa shape index (κ1) is 24.3. The van der Waals surface area contributed by atoms with E-state index in [1.807, 2.05) is 12.1 Å². The molecule has 4 N–H and O–H groups in total.